The van der Waals surface area contributed by atoms with E-state index in [-0.39, 0.29) is 28.8 Å². The van der Waals surface area contributed by atoms with Gasteiger partial charge in [0.25, 0.3) is 5.56 Å². The van der Waals surface area contributed by atoms with Crippen LogP contribution in [0.15, 0.2) is 51.2 Å². The van der Waals surface area contributed by atoms with Crippen LogP contribution in [0.4, 0.5) is 0 Å². The number of nitrogens with zero attached hydrogens (tertiary/aromatic N) is 4. The van der Waals surface area contributed by atoms with Gasteiger partial charge in [-0.1, -0.05) is 5.16 Å². The maximum Gasteiger partial charge on any atom is 0.438 e. The second kappa shape index (κ2) is 6.83. The summed E-state index contributed by atoms with van der Waals surface area (Å²) in [5, 5.41) is 12.8. The van der Waals surface area contributed by atoms with E-state index in [0.29, 0.717) is 5.75 Å². The fourth-order valence-corrected chi connectivity index (χ4v) is 2.61. The predicted molar refractivity (Wildman–Crippen MR) is 92.0 cm³/mol. The third-order valence-corrected chi connectivity index (χ3v) is 3.89. The number of hydrogen-bond acceptors (Lipinski definition) is 8. The van der Waals surface area contributed by atoms with Crippen molar-refractivity contribution >= 4 is 16.9 Å². The van der Waals surface area contributed by atoms with Gasteiger partial charge in [0.1, 0.15) is 17.8 Å². The van der Waals surface area contributed by atoms with Crippen molar-refractivity contribution in [2.45, 2.75) is 12.6 Å². The van der Waals surface area contributed by atoms with Crippen molar-refractivity contribution in [3.05, 3.63) is 69.5 Å². The van der Waals surface area contributed by atoms with Crippen LogP contribution in [0, 0.1) is 0 Å². The van der Waals surface area contributed by atoms with Gasteiger partial charge in [0, 0.05) is 12.4 Å². The van der Waals surface area contributed by atoms with Gasteiger partial charge >= 0.3 is 11.7 Å². The number of carboxylic acids is 1. The largest absolute Gasteiger partial charge is 0.477 e. The molecule has 12 heteroatoms. The van der Waals surface area contributed by atoms with Gasteiger partial charge in [0.15, 0.2) is 12.1 Å². The fourth-order valence-electron chi connectivity index (χ4n) is 2.61. The molecule has 28 heavy (non-hydrogen) atoms. The van der Waals surface area contributed by atoms with Crippen LogP contribution >= 0.6 is 0 Å². The molecule has 0 aromatic carbocycles. The van der Waals surface area contributed by atoms with Crippen LogP contribution in [0.25, 0.3) is 10.9 Å². The first kappa shape index (κ1) is 17.2. The minimum Gasteiger partial charge on any atom is -0.477 e. The number of rotatable bonds is 6. The highest BCUT2D eigenvalue weighted by atomic mass is 16.5. The molecule has 0 aliphatic rings. The van der Waals surface area contributed by atoms with Crippen LogP contribution in [0.1, 0.15) is 22.5 Å². The normalized spacial score (nSPS) is 12.1. The first-order chi connectivity index (χ1) is 13.5. The Balaban J connectivity index is 1.80. The fraction of sp³-hybridized carbons (Fsp3) is 0.125. The van der Waals surface area contributed by atoms with E-state index >= 15 is 0 Å². The summed E-state index contributed by atoms with van der Waals surface area (Å²) in [7, 11) is 0. The average Bonchev–Trinajstić information content (AvgIpc) is 3.33. The van der Waals surface area contributed by atoms with Gasteiger partial charge < -0.3 is 14.8 Å². The molecule has 4 rings (SSSR count). The van der Waals surface area contributed by atoms with Gasteiger partial charge in [0.2, 0.25) is 0 Å². The van der Waals surface area contributed by atoms with Crippen molar-refractivity contribution < 1.29 is 19.2 Å². The molecule has 12 nitrogen and oxygen atoms in total. The molecule has 0 aliphatic heterocycles. The van der Waals surface area contributed by atoms with E-state index in [2.05, 4.69) is 29.6 Å². The van der Waals surface area contributed by atoms with Crippen LogP contribution in [0.2, 0.25) is 0 Å². The molecule has 0 aliphatic carbocycles. The van der Waals surface area contributed by atoms with Crippen molar-refractivity contribution in [1.82, 2.24) is 29.7 Å². The topological polar surface area (TPSA) is 169 Å². The van der Waals surface area contributed by atoms with Crippen molar-refractivity contribution in [1.29, 1.82) is 0 Å². The van der Waals surface area contributed by atoms with Crippen molar-refractivity contribution in [2.24, 2.45) is 0 Å². The van der Waals surface area contributed by atoms with Crippen molar-refractivity contribution in [3.8, 4) is 5.75 Å². The number of pyridine rings is 1. The second-order valence-corrected chi connectivity index (χ2v) is 5.71. The maximum absolute atomic E-state index is 13.0. The molecular formula is C16H12N6O6. The van der Waals surface area contributed by atoms with Crippen LogP contribution < -0.4 is 16.1 Å². The molecule has 0 spiro atoms. The lowest BCUT2D eigenvalue weighted by Gasteiger charge is -2.19. The van der Waals surface area contributed by atoms with Crippen molar-refractivity contribution in [2.75, 3.05) is 0 Å². The minimum atomic E-state index is -1.27. The van der Waals surface area contributed by atoms with Crippen LogP contribution in [0.5, 0.6) is 5.75 Å². The average molecular weight is 384 g/mol. The first-order valence-electron chi connectivity index (χ1n) is 7.96. The summed E-state index contributed by atoms with van der Waals surface area (Å²) in [5.41, 5.74) is -0.587. The molecule has 0 bridgehead atoms. The van der Waals surface area contributed by atoms with Crippen molar-refractivity contribution in [3.63, 3.8) is 0 Å². The highest BCUT2D eigenvalue weighted by Gasteiger charge is 2.20. The van der Waals surface area contributed by atoms with E-state index in [1.165, 1.54) is 17.1 Å². The quantitative estimate of drug-likeness (QED) is 0.423. The number of hydrogen-bond donors (Lipinski definition) is 3. The van der Waals surface area contributed by atoms with Gasteiger partial charge in [-0.2, -0.15) is 0 Å². The van der Waals surface area contributed by atoms with E-state index in [9.17, 15) is 14.4 Å². The molecule has 0 saturated carbocycles. The van der Waals surface area contributed by atoms with E-state index in [0.717, 1.165) is 6.07 Å². The van der Waals surface area contributed by atoms with E-state index in [1.54, 1.807) is 18.5 Å². The minimum absolute atomic E-state index is 0.0130. The number of aromatic nitrogens is 6. The zero-order valence-electron chi connectivity index (χ0n) is 14.0. The molecule has 3 N–H and O–H groups in total. The molecule has 142 valence electrons. The highest BCUT2D eigenvalue weighted by molar-refractivity contribution is 5.90. The molecule has 4 heterocycles. The first-order valence-corrected chi connectivity index (χ1v) is 7.96. The Kier molecular flexibility index (Phi) is 4.20. The lowest BCUT2D eigenvalue weighted by molar-refractivity contribution is 0.0690. The second-order valence-electron chi connectivity index (χ2n) is 5.71. The number of aromatic carboxylic acids is 1. The van der Waals surface area contributed by atoms with Gasteiger partial charge in [-0.15, -0.1) is 0 Å². The molecule has 1 unspecified atom stereocenters. The summed E-state index contributed by atoms with van der Waals surface area (Å²) in [6.07, 6.45) is 4.72. The zero-order valence-corrected chi connectivity index (χ0v) is 14.0. The number of carbonyl (C=O) groups is 1. The maximum atomic E-state index is 13.0. The van der Waals surface area contributed by atoms with E-state index < -0.39 is 23.5 Å². The van der Waals surface area contributed by atoms with Crippen LogP contribution in [0.3, 0.4) is 0 Å². The van der Waals surface area contributed by atoms with Gasteiger partial charge in [-0.05, 0) is 12.1 Å². The molecule has 0 amide bonds. The summed E-state index contributed by atoms with van der Waals surface area (Å²) in [5.74, 6) is -1.41. The monoisotopic (exact) mass is 384 g/mol. The Labute approximate surface area is 154 Å². The molecule has 4 aromatic heterocycles. The number of fused-ring (bicyclic) bond motifs is 1. The Bertz CT molecular complexity index is 1250. The molecule has 4 aromatic rings. The predicted octanol–water partition coefficient (Wildman–Crippen LogP) is 0.314. The third-order valence-electron chi connectivity index (χ3n) is 3.89. The Morgan fingerprint density at radius 3 is 2.89 bits per heavy atom. The standard InChI is InChI=1S/C16H12N6O6/c23-14-9-3-10(15(24)25)18-6-11(9)19-7-22(14)13(27-8-1-2-17-5-8)4-12-20-16(26)28-21-12/h1-3,5-7,13,17H,4H2,(H,24,25)(H,20,21,26). The number of aromatic amines is 2. The lowest BCUT2D eigenvalue weighted by Crippen LogP contribution is -2.30. The van der Waals surface area contributed by atoms with E-state index in [1.807, 2.05) is 0 Å². The van der Waals surface area contributed by atoms with Gasteiger partial charge in [0.05, 0.1) is 23.5 Å². The Morgan fingerprint density at radius 1 is 1.36 bits per heavy atom. The summed E-state index contributed by atoms with van der Waals surface area (Å²) < 4.78 is 11.5. The smallest absolute Gasteiger partial charge is 0.438 e. The summed E-state index contributed by atoms with van der Waals surface area (Å²) in [6.45, 7) is 0. The number of ether oxygens (including phenoxy) is 1. The SMILES string of the molecule is O=C(O)c1cc2c(=O)n(C(Cc3noc(=O)[nH]3)Oc3cc[nH]c3)cnc2cn1. The molecule has 0 saturated heterocycles. The number of H-pyrrole nitrogens is 2. The summed E-state index contributed by atoms with van der Waals surface area (Å²) in [4.78, 5) is 48.4. The summed E-state index contributed by atoms with van der Waals surface area (Å²) in [6, 6.07) is 2.79. The third kappa shape index (κ3) is 3.25. The van der Waals surface area contributed by atoms with Crippen LogP contribution in [-0.4, -0.2) is 40.7 Å². The number of nitrogens with one attached hydrogen (secondary N) is 2. The Hall–Kier alpha value is -4.22. The lowest BCUT2D eigenvalue weighted by atomic mass is 10.2. The van der Waals surface area contributed by atoms with Gasteiger partial charge in [-0.3, -0.25) is 18.9 Å². The van der Waals surface area contributed by atoms with E-state index in [4.69, 9.17) is 9.84 Å². The molecule has 1 atom stereocenters. The van der Waals surface area contributed by atoms with Gasteiger partial charge in [-0.25, -0.2) is 19.6 Å². The zero-order chi connectivity index (χ0) is 19.7. The Morgan fingerprint density at radius 2 is 2.21 bits per heavy atom. The molecular weight excluding hydrogens is 372 g/mol. The molecule has 0 fully saturated rings. The summed E-state index contributed by atoms with van der Waals surface area (Å²) >= 11 is 0. The highest BCUT2D eigenvalue weighted by Crippen LogP contribution is 2.19. The molecule has 0 radical (unpaired) electrons. The van der Waals surface area contributed by atoms with Crippen LogP contribution in [-0.2, 0) is 6.42 Å². The number of carboxylic acid groups (broad SMARTS) is 1.